The van der Waals surface area contributed by atoms with E-state index in [0.717, 1.165) is 34.1 Å². The Bertz CT molecular complexity index is 702. The number of carbonyl (C=O) groups is 1. The third kappa shape index (κ3) is 4.42. The van der Waals surface area contributed by atoms with Crippen molar-refractivity contribution in [3.63, 3.8) is 0 Å². The first-order valence-electron chi connectivity index (χ1n) is 7.60. The second kappa shape index (κ2) is 7.42. The summed E-state index contributed by atoms with van der Waals surface area (Å²) in [5.74, 6) is 1.86. The summed E-state index contributed by atoms with van der Waals surface area (Å²) in [5, 5.41) is 2.91. The molecule has 1 N–H and O–H groups in total. The smallest absolute Gasteiger partial charge is 0.234 e. The zero-order chi connectivity index (χ0) is 16.1. The fourth-order valence-corrected chi connectivity index (χ4v) is 3.03. The summed E-state index contributed by atoms with van der Waals surface area (Å²) < 4.78 is 11.3. The van der Waals surface area contributed by atoms with Crippen LogP contribution in [0.2, 0.25) is 0 Å². The van der Waals surface area contributed by atoms with Crippen LogP contribution >= 0.6 is 11.8 Å². The zero-order valence-electron chi connectivity index (χ0n) is 13.0. The van der Waals surface area contributed by atoms with Crippen LogP contribution in [0.15, 0.2) is 47.4 Å². The van der Waals surface area contributed by atoms with Gasteiger partial charge in [0.15, 0.2) is 11.5 Å². The van der Waals surface area contributed by atoms with Gasteiger partial charge in [0.25, 0.3) is 0 Å². The molecule has 2 aromatic carbocycles. The van der Waals surface area contributed by atoms with Crippen molar-refractivity contribution in [1.29, 1.82) is 0 Å². The molecule has 1 aliphatic rings. The second-order valence-corrected chi connectivity index (χ2v) is 6.41. The maximum Gasteiger partial charge on any atom is 0.234 e. The highest BCUT2D eigenvalue weighted by atomic mass is 32.2. The number of carbonyl (C=O) groups excluding carboxylic acids is 1. The van der Waals surface area contributed by atoms with E-state index >= 15 is 0 Å². The van der Waals surface area contributed by atoms with Crippen LogP contribution < -0.4 is 14.8 Å². The highest BCUT2D eigenvalue weighted by Gasteiger charge is 2.11. The molecule has 120 valence electrons. The lowest BCUT2D eigenvalue weighted by Gasteiger charge is -2.09. The summed E-state index contributed by atoms with van der Waals surface area (Å²) in [6.45, 7) is 3.34. The van der Waals surface area contributed by atoms with E-state index in [0.29, 0.717) is 19.0 Å². The minimum Gasteiger partial charge on any atom is -0.490 e. The third-order valence-electron chi connectivity index (χ3n) is 3.39. The van der Waals surface area contributed by atoms with Gasteiger partial charge in [-0.2, -0.15) is 0 Å². The van der Waals surface area contributed by atoms with Crippen molar-refractivity contribution in [1.82, 2.24) is 0 Å². The summed E-state index contributed by atoms with van der Waals surface area (Å²) in [5.41, 5.74) is 1.95. The van der Waals surface area contributed by atoms with Crippen LogP contribution in [0.1, 0.15) is 12.0 Å². The molecule has 0 unspecified atom stereocenters. The Hall–Kier alpha value is -2.14. The number of thioether (sulfide) groups is 1. The molecule has 0 spiro atoms. The predicted molar refractivity (Wildman–Crippen MR) is 92.6 cm³/mol. The molecule has 2 aromatic rings. The first-order chi connectivity index (χ1) is 11.2. The van der Waals surface area contributed by atoms with Crippen LogP contribution in [0.3, 0.4) is 0 Å². The lowest BCUT2D eigenvalue weighted by molar-refractivity contribution is -0.113. The monoisotopic (exact) mass is 329 g/mol. The molecule has 0 saturated heterocycles. The molecular formula is C18H19NO3S. The van der Waals surface area contributed by atoms with Crippen LogP contribution in [0.25, 0.3) is 0 Å². The molecule has 1 amide bonds. The van der Waals surface area contributed by atoms with Crippen molar-refractivity contribution in [3.05, 3.63) is 48.0 Å². The zero-order valence-corrected chi connectivity index (χ0v) is 13.8. The average Bonchev–Trinajstić information content (AvgIpc) is 2.77. The van der Waals surface area contributed by atoms with Gasteiger partial charge in [0, 0.05) is 17.0 Å². The normalized spacial score (nSPS) is 13.3. The molecule has 3 rings (SSSR count). The Kier molecular flexibility index (Phi) is 5.08. The molecule has 0 fully saturated rings. The number of ether oxygens (including phenoxy) is 2. The molecule has 1 aliphatic heterocycles. The largest absolute Gasteiger partial charge is 0.490 e. The number of nitrogens with one attached hydrogen (secondary N) is 1. The van der Waals surface area contributed by atoms with Crippen molar-refractivity contribution >= 4 is 23.4 Å². The Labute approximate surface area is 140 Å². The Morgan fingerprint density at radius 1 is 1.13 bits per heavy atom. The van der Waals surface area contributed by atoms with Gasteiger partial charge >= 0.3 is 0 Å². The van der Waals surface area contributed by atoms with Gasteiger partial charge in [-0.1, -0.05) is 12.1 Å². The number of fused-ring (bicyclic) bond motifs is 1. The summed E-state index contributed by atoms with van der Waals surface area (Å²) in [6, 6.07) is 13.6. The van der Waals surface area contributed by atoms with E-state index in [9.17, 15) is 4.79 Å². The van der Waals surface area contributed by atoms with E-state index < -0.39 is 0 Å². The van der Waals surface area contributed by atoms with Gasteiger partial charge in [0.2, 0.25) is 5.91 Å². The van der Waals surface area contributed by atoms with Crippen molar-refractivity contribution in [3.8, 4) is 11.5 Å². The molecular weight excluding hydrogens is 310 g/mol. The van der Waals surface area contributed by atoms with E-state index in [4.69, 9.17) is 9.47 Å². The molecule has 4 nitrogen and oxygen atoms in total. The van der Waals surface area contributed by atoms with Crippen LogP contribution in [-0.4, -0.2) is 24.9 Å². The van der Waals surface area contributed by atoms with Crippen molar-refractivity contribution in [2.45, 2.75) is 18.2 Å². The maximum absolute atomic E-state index is 12.1. The Morgan fingerprint density at radius 3 is 2.78 bits per heavy atom. The minimum atomic E-state index is -0.0206. The van der Waals surface area contributed by atoms with E-state index in [1.54, 1.807) is 0 Å². The number of benzene rings is 2. The van der Waals surface area contributed by atoms with Gasteiger partial charge in [0.05, 0.1) is 19.0 Å². The number of anilines is 1. The van der Waals surface area contributed by atoms with E-state index in [1.165, 1.54) is 11.8 Å². The fourth-order valence-electron chi connectivity index (χ4n) is 2.30. The average molecular weight is 329 g/mol. The number of amides is 1. The maximum atomic E-state index is 12.1. The standard InChI is InChI=1S/C18H19NO3S/c1-13-4-2-5-14(10-13)19-18(20)12-23-15-6-7-16-17(11-15)22-9-3-8-21-16/h2,4-7,10-11H,3,8-9,12H2,1H3,(H,19,20). The SMILES string of the molecule is Cc1cccc(NC(=O)CSc2ccc3c(c2)OCCCO3)c1. The van der Waals surface area contributed by atoms with Gasteiger partial charge < -0.3 is 14.8 Å². The van der Waals surface area contributed by atoms with E-state index in [2.05, 4.69) is 5.32 Å². The minimum absolute atomic E-state index is 0.0206. The Balaban J connectivity index is 1.57. The van der Waals surface area contributed by atoms with Gasteiger partial charge in [-0.25, -0.2) is 0 Å². The lowest BCUT2D eigenvalue weighted by atomic mass is 10.2. The highest BCUT2D eigenvalue weighted by Crippen LogP contribution is 2.33. The van der Waals surface area contributed by atoms with E-state index in [1.807, 2.05) is 49.4 Å². The Morgan fingerprint density at radius 2 is 1.96 bits per heavy atom. The molecule has 5 heteroatoms. The molecule has 0 saturated carbocycles. The topological polar surface area (TPSA) is 47.6 Å². The molecule has 1 heterocycles. The van der Waals surface area contributed by atoms with Crippen LogP contribution in [0.5, 0.6) is 11.5 Å². The van der Waals surface area contributed by atoms with Gasteiger partial charge in [-0.3, -0.25) is 4.79 Å². The molecule has 0 radical (unpaired) electrons. The number of aryl methyl sites for hydroxylation is 1. The summed E-state index contributed by atoms with van der Waals surface area (Å²) in [7, 11) is 0. The number of hydrogen-bond donors (Lipinski definition) is 1. The third-order valence-corrected chi connectivity index (χ3v) is 4.38. The van der Waals surface area contributed by atoms with E-state index in [-0.39, 0.29) is 5.91 Å². The summed E-state index contributed by atoms with van der Waals surface area (Å²) in [6.07, 6.45) is 0.885. The predicted octanol–water partition coefficient (Wildman–Crippen LogP) is 3.89. The number of hydrogen-bond acceptors (Lipinski definition) is 4. The van der Waals surface area contributed by atoms with Crippen LogP contribution in [-0.2, 0) is 4.79 Å². The highest BCUT2D eigenvalue weighted by molar-refractivity contribution is 8.00. The molecule has 0 aliphatic carbocycles. The van der Waals surface area contributed by atoms with Crippen molar-refractivity contribution in [2.75, 3.05) is 24.3 Å². The van der Waals surface area contributed by atoms with Gasteiger partial charge in [-0.15, -0.1) is 11.8 Å². The summed E-state index contributed by atoms with van der Waals surface area (Å²) in [4.78, 5) is 13.0. The second-order valence-electron chi connectivity index (χ2n) is 5.37. The lowest BCUT2D eigenvalue weighted by Crippen LogP contribution is -2.13. The first kappa shape index (κ1) is 15.7. The molecule has 0 aromatic heterocycles. The quantitative estimate of drug-likeness (QED) is 0.865. The molecule has 0 bridgehead atoms. The van der Waals surface area contributed by atoms with Crippen molar-refractivity contribution in [2.24, 2.45) is 0 Å². The van der Waals surface area contributed by atoms with Gasteiger partial charge in [0.1, 0.15) is 0 Å². The molecule has 0 atom stereocenters. The van der Waals surface area contributed by atoms with Crippen molar-refractivity contribution < 1.29 is 14.3 Å². The van der Waals surface area contributed by atoms with Gasteiger partial charge in [-0.05, 0) is 42.8 Å². The van der Waals surface area contributed by atoms with Crippen LogP contribution in [0.4, 0.5) is 5.69 Å². The fraction of sp³-hybridized carbons (Fsp3) is 0.278. The first-order valence-corrected chi connectivity index (χ1v) is 8.58. The van der Waals surface area contributed by atoms with Crippen LogP contribution in [0, 0.1) is 6.92 Å². The molecule has 23 heavy (non-hydrogen) atoms. The number of rotatable bonds is 4. The summed E-state index contributed by atoms with van der Waals surface area (Å²) >= 11 is 1.48.